The minimum absolute atomic E-state index is 0.0528. The first-order valence-electron chi connectivity index (χ1n) is 9.84. The third-order valence-electron chi connectivity index (χ3n) is 5.67. The molecular weight excluding hydrogens is 386 g/mol. The van der Waals surface area contributed by atoms with Crippen molar-refractivity contribution in [1.82, 2.24) is 9.80 Å². The molecular formula is C22H29N3O3S. The van der Waals surface area contributed by atoms with Crippen molar-refractivity contribution in [2.24, 2.45) is 0 Å². The molecule has 156 valence electrons. The van der Waals surface area contributed by atoms with Gasteiger partial charge in [0.2, 0.25) is 0 Å². The molecule has 29 heavy (non-hydrogen) atoms. The first kappa shape index (κ1) is 21.3. The summed E-state index contributed by atoms with van der Waals surface area (Å²) in [4.78, 5) is 17.0. The van der Waals surface area contributed by atoms with Crippen LogP contribution in [0, 0.1) is 13.8 Å². The molecule has 1 N–H and O–H groups in total. The van der Waals surface area contributed by atoms with Gasteiger partial charge in [-0.15, -0.1) is 0 Å². The smallest absolute Gasteiger partial charge is 0.261 e. The van der Waals surface area contributed by atoms with Crippen LogP contribution in [0.5, 0.6) is 0 Å². The summed E-state index contributed by atoms with van der Waals surface area (Å²) in [5.74, 6) is -0.0528. The third-order valence-corrected chi connectivity index (χ3v) is 7.06. The molecule has 0 aromatic heterocycles. The highest BCUT2D eigenvalue weighted by Gasteiger charge is 2.26. The highest BCUT2D eigenvalue weighted by Crippen LogP contribution is 2.23. The molecule has 1 aliphatic rings. The molecule has 2 aromatic rings. The summed E-state index contributed by atoms with van der Waals surface area (Å²) in [5, 5.41) is 0. The minimum Gasteiger partial charge on any atom is -0.337 e. The van der Waals surface area contributed by atoms with E-state index in [2.05, 4.69) is 9.62 Å². The fourth-order valence-electron chi connectivity index (χ4n) is 3.59. The normalized spacial score (nSPS) is 17.4. The number of anilines is 1. The number of hydrogen-bond acceptors (Lipinski definition) is 4. The zero-order chi connectivity index (χ0) is 21.2. The van der Waals surface area contributed by atoms with Crippen LogP contribution in [0.1, 0.15) is 34.3 Å². The second-order valence-electron chi connectivity index (χ2n) is 7.89. The molecule has 1 heterocycles. The van der Waals surface area contributed by atoms with Gasteiger partial charge in [-0.25, -0.2) is 8.42 Å². The average Bonchev–Trinajstić information content (AvgIpc) is 2.71. The summed E-state index contributed by atoms with van der Waals surface area (Å²) in [6.07, 6.45) is 2.05. The van der Waals surface area contributed by atoms with E-state index in [1.165, 1.54) is 12.1 Å². The molecule has 0 saturated carbocycles. The van der Waals surface area contributed by atoms with Gasteiger partial charge in [0.1, 0.15) is 0 Å². The number of nitrogens with zero attached hydrogens (tertiary/aromatic N) is 2. The standard InChI is InChI=1S/C22H29N3O3S/c1-16-7-5-9-21(17(16)2)23-29(27,28)20-12-10-18(11-13-20)22(26)25-14-6-8-19(15-25)24(3)4/h5,7,9-13,19,23H,6,8,14-15H2,1-4H3. The number of likely N-dealkylation sites (N-methyl/N-ethyl adjacent to an activating group) is 1. The molecule has 3 rings (SSSR count). The third kappa shape index (κ3) is 4.79. The molecule has 1 unspecified atom stereocenters. The van der Waals surface area contributed by atoms with E-state index in [-0.39, 0.29) is 10.8 Å². The number of rotatable bonds is 5. The number of hydrogen-bond donors (Lipinski definition) is 1. The zero-order valence-electron chi connectivity index (χ0n) is 17.5. The molecule has 0 spiro atoms. The van der Waals surface area contributed by atoms with Crippen LogP contribution in [-0.2, 0) is 10.0 Å². The van der Waals surface area contributed by atoms with Crippen LogP contribution in [0.3, 0.4) is 0 Å². The predicted molar refractivity (Wildman–Crippen MR) is 116 cm³/mol. The Hall–Kier alpha value is -2.38. The van der Waals surface area contributed by atoms with Gasteiger partial charge >= 0.3 is 0 Å². The maximum atomic E-state index is 12.8. The van der Waals surface area contributed by atoms with Crippen LogP contribution < -0.4 is 4.72 Å². The topological polar surface area (TPSA) is 69.7 Å². The van der Waals surface area contributed by atoms with E-state index >= 15 is 0 Å². The minimum atomic E-state index is -3.72. The quantitative estimate of drug-likeness (QED) is 0.814. The first-order chi connectivity index (χ1) is 13.7. The number of benzene rings is 2. The van der Waals surface area contributed by atoms with Crippen molar-refractivity contribution in [2.75, 3.05) is 31.9 Å². The van der Waals surface area contributed by atoms with Crippen LogP contribution in [0.25, 0.3) is 0 Å². The van der Waals surface area contributed by atoms with Crippen molar-refractivity contribution in [2.45, 2.75) is 37.6 Å². The lowest BCUT2D eigenvalue weighted by atomic mass is 10.0. The van der Waals surface area contributed by atoms with Crippen LogP contribution in [-0.4, -0.2) is 57.4 Å². The Morgan fingerprint density at radius 2 is 1.79 bits per heavy atom. The Balaban J connectivity index is 1.75. The number of amides is 1. The van der Waals surface area contributed by atoms with Gasteiger partial charge in [-0.2, -0.15) is 0 Å². The number of aryl methyl sites for hydroxylation is 1. The highest BCUT2D eigenvalue weighted by atomic mass is 32.2. The molecule has 1 atom stereocenters. The van der Waals surface area contributed by atoms with E-state index < -0.39 is 10.0 Å². The van der Waals surface area contributed by atoms with Crippen molar-refractivity contribution in [3.05, 3.63) is 59.2 Å². The maximum Gasteiger partial charge on any atom is 0.261 e. The molecule has 1 saturated heterocycles. The van der Waals surface area contributed by atoms with E-state index in [0.29, 0.717) is 23.8 Å². The Morgan fingerprint density at radius 3 is 2.45 bits per heavy atom. The van der Waals surface area contributed by atoms with Crippen LogP contribution in [0.15, 0.2) is 47.4 Å². The number of carbonyl (C=O) groups is 1. The Bertz CT molecular complexity index is 985. The predicted octanol–water partition coefficient (Wildman–Crippen LogP) is 3.27. The monoisotopic (exact) mass is 415 g/mol. The number of nitrogens with one attached hydrogen (secondary N) is 1. The lowest BCUT2D eigenvalue weighted by molar-refractivity contribution is 0.0635. The van der Waals surface area contributed by atoms with E-state index in [1.807, 2.05) is 45.0 Å². The number of sulfonamides is 1. The van der Waals surface area contributed by atoms with Gasteiger partial charge in [0, 0.05) is 24.7 Å². The second-order valence-corrected chi connectivity index (χ2v) is 9.57. The average molecular weight is 416 g/mol. The summed E-state index contributed by atoms with van der Waals surface area (Å²) in [7, 11) is 0.337. The van der Waals surface area contributed by atoms with Crippen LogP contribution in [0.2, 0.25) is 0 Å². The van der Waals surface area contributed by atoms with Crippen molar-refractivity contribution in [3.63, 3.8) is 0 Å². The SMILES string of the molecule is Cc1cccc(NS(=O)(=O)c2ccc(C(=O)N3CCCC(N(C)C)C3)cc2)c1C. The van der Waals surface area contributed by atoms with Gasteiger partial charge in [0.05, 0.1) is 10.6 Å². The highest BCUT2D eigenvalue weighted by molar-refractivity contribution is 7.92. The number of piperidine rings is 1. The summed E-state index contributed by atoms with van der Waals surface area (Å²) in [6, 6.07) is 12.0. The van der Waals surface area contributed by atoms with Crippen molar-refractivity contribution < 1.29 is 13.2 Å². The fourth-order valence-corrected chi connectivity index (χ4v) is 4.71. The van der Waals surface area contributed by atoms with E-state index in [4.69, 9.17) is 0 Å². The Labute approximate surface area is 173 Å². The van der Waals surface area contributed by atoms with Crippen molar-refractivity contribution in [3.8, 4) is 0 Å². The van der Waals surface area contributed by atoms with Gasteiger partial charge in [0.15, 0.2) is 0 Å². The zero-order valence-corrected chi connectivity index (χ0v) is 18.3. The van der Waals surface area contributed by atoms with Crippen molar-refractivity contribution in [1.29, 1.82) is 0 Å². The Kier molecular flexibility index (Phi) is 6.29. The second kappa shape index (κ2) is 8.55. The van der Waals surface area contributed by atoms with Gasteiger partial charge in [0.25, 0.3) is 15.9 Å². The number of likely N-dealkylation sites (tertiary alicyclic amines) is 1. The fraction of sp³-hybridized carbons (Fsp3) is 0.409. The molecule has 6 nitrogen and oxygen atoms in total. The molecule has 1 fully saturated rings. The van der Waals surface area contributed by atoms with E-state index in [1.54, 1.807) is 18.2 Å². The van der Waals surface area contributed by atoms with Crippen LogP contribution in [0.4, 0.5) is 5.69 Å². The first-order valence-corrected chi connectivity index (χ1v) is 11.3. The van der Waals surface area contributed by atoms with Crippen molar-refractivity contribution >= 4 is 21.6 Å². The molecule has 7 heteroatoms. The molecule has 0 radical (unpaired) electrons. The maximum absolute atomic E-state index is 12.8. The summed E-state index contributed by atoms with van der Waals surface area (Å²) in [5.41, 5.74) is 2.98. The molecule has 0 aliphatic carbocycles. The van der Waals surface area contributed by atoms with Crippen LogP contribution >= 0.6 is 0 Å². The van der Waals surface area contributed by atoms with E-state index in [0.717, 1.165) is 30.5 Å². The van der Waals surface area contributed by atoms with Gasteiger partial charge in [-0.3, -0.25) is 9.52 Å². The largest absolute Gasteiger partial charge is 0.337 e. The Morgan fingerprint density at radius 1 is 1.10 bits per heavy atom. The lowest BCUT2D eigenvalue weighted by Gasteiger charge is -2.36. The summed E-state index contributed by atoms with van der Waals surface area (Å²) >= 11 is 0. The molecule has 2 aromatic carbocycles. The summed E-state index contributed by atoms with van der Waals surface area (Å²) in [6.45, 7) is 5.25. The van der Waals surface area contributed by atoms with E-state index in [9.17, 15) is 13.2 Å². The summed E-state index contributed by atoms with van der Waals surface area (Å²) < 4.78 is 28.2. The molecule has 1 aliphatic heterocycles. The molecule has 1 amide bonds. The molecule has 0 bridgehead atoms. The van der Waals surface area contributed by atoms with Gasteiger partial charge in [-0.05, 0) is 82.2 Å². The number of carbonyl (C=O) groups excluding carboxylic acids is 1. The lowest BCUT2D eigenvalue weighted by Crippen LogP contribution is -2.47. The van der Waals surface area contributed by atoms with Gasteiger partial charge < -0.3 is 9.80 Å². The van der Waals surface area contributed by atoms with Gasteiger partial charge in [-0.1, -0.05) is 12.1 Å².